The van der Waals surface area contributed by atoms with Gasteiger partial charge in [-0.15, -0.1) is 0 Å². The molecule has 1 rings (SSSR count). The first-order chi connectivity index (χ1) is 7.95. The zero-order valence-corrected chi connectivity index (χ0v) is 11.1. The Bertz CT molecular complexity index is 384. The third-order valence-corrected chi connectivity index (χ3v) is 2.71. The molecule has 1 aromatic heterocycles. The van der Waals surface area contributed by atoms with Crippen LogP contribution in [0.25, 0.3) is 0 Å². The lowest BCUT2D eigenvalue weighted by Crippen LogP contribution is -2.29. The molecule has 0 aliphatic heterocycles. The molecule has 0 unspecified atom stereocenters. The quantitative estimate of drug-likeness (QED) is 0.847. The molecule has 2 N–H and O–H groups in total. The number of nitrogens with two attached hydrogens (primary N) is 1. The van der Waals surface area contributed by atoms with Gasteiger partial charge in [-0.1, -0.05) is 13.8 Å². The number of carbonyl (C=O) groups excluding carboxylic acids is 1. The van der Waals surface area contributed by atoms with E-state index in [-0.39, 0.29) is 5.91 Å². The van der Waals surface area contributed by atoms with Crippen molar-refractivity contribution in [2.45, 2.75) is 33.7 Å². The molecule has 0 radical (unpaired) electrons. The number of aryl methyl sites for hydroxylation is 1. The molecule has 0 spiro atoms. The summed E-state index contributed by atoms with van der Waals surface area (Å²) in [5.41, 5.74) is 6.59. The largest absolute Gasteiger partial charge is 0.396 e. The Morgan fingerprint density at radius 3 is 2.71 bits per heavy atom. The monoisotopic (exact) mass is 238 g/mol. The SMILES string of the molecule is CCn1cc(N)c(C(=O)N(C)CCC(C)C)n1. The number of rotatable bonds is 5. The minimum Gasteiger partial charge on any atom is -0.396 e. The predicted molar refractivity (Wildman–Crippen MR) is 68.7 cm³/mol. The molecule has 17 heavy (non-hydrogen) atoms. The molecule has 1 amide bonds. The average Bonchev–Trinajstić information content (AvgIpc) is 2.66. The molecule has 0 atom stereocenters. The molecule has 0 aliphatic carbocycles. The lowest BCUT2D eigenvalue weighted by molar-refractivity contribution is 0.0783. The highest BCUT2D eigenvalue weighted by atomic mass is 16.2. The van der Waals surface area contributed by atoms with Crippen LogP contribution in [-0.4, -0.2) is 34.2 Å². The van der Waals surface area contributed by atoms with Gasteiger partial charge in [0.25, 0.3) is 5.91 Å². The molecule has 1 heterocycles. The molecule has 1 aromatic rings. The van der Waals surface area contributed by atoms with E-state index >= 15 is 0 Å². The fourth-order valence-electron chi connectivity index (χ4n) is 1.50. The van der Waals surface area contributed by atoms with E-state index in [1.807, 2.05) is 6.92 Å². The lowest BCUT2D eigenvalue weighted by Gasteiger charge is -2.17. The van der Waals surface area contributed by atoms with Crippen LogP contribution in [-0.2, 0) is 6.54 Å². The molecule has 5 heteroatoms. The number of amides is 1. The van der Waals surface area contributed by atoms with Gasteiger partial charge < -0.3 is 10.6 Å². The zero-order chi connectivity index (χ0) is 13.0. The standard InChI is InChI=1S/C12H22N4O/c1-5-16-8-10(13)11(14-16)12(17)15(4)7-6-9(2)3/h8-9H,5-7,13H2,1-4H3. The second-order valence-corrected chi connectivity index (χ2v) is 4.70. The molecule has 0 bridgehead atoms. The highest BCUT2D eigenvalue weighted by molar-refractivity contribution is 5.96. The average molecular weight is 238 g/mol. The summed E-state index contributed by atoms with van der Waals surface area (Å²) in [4.78, 5) is 13.8. The third-order valence-electron chi connectivity index (χ3n) is 2.71. The second-order valence-electron chi connectivity index (χ2n) is 4.70. The number of nitrogens with zero attached hydrogens (tertiary/aromatic N) is 3. The second kappa shape index (κ2) is 5.70. The first kappa shape index (κ1) is 13.5. The highest BCUT2D eigenvalue weighted by Gasteiger charge is 2.18. The minimum atomic E-state index is -0.102. The number of carbonyl (C=O) groups is 1. The van der Waals surface area contributed by atoms with Crippen LogP contribution in [0.2, 0.25) is 0 Å². The van der Waals surface area contributed by atoms with Gasteiger partial charge in [0, 0.05) is 26.3 Å². The van der Waals surface area contributed by atoms with Crippen LogP contribution in [0.5, 0.6) is 0 Å². The zero-order valence-electron chi connectivity index (χ0n) is 11.1. The van der Waals surface area contributed by atoms with Crippen LogP contribution < -0.4 is 5.73 Å². The minimum absolute atomic E-state index is 0.102. The van der Waals surface area contributed by atoms with E-state index in [2.05, 4.69) is 18.9 Å². The highest BCUT2D eigenvalue weighted by Crippen LogP contribution is 2.12. The summed E-state index contributed by atoms with van der Waals surface area (Å²) in [7, 11) is 1.79. The van der Waals surface area contributed by atoms with Gasteiger partial charge in [0.1, 0.15) is 0 Å². The molecule has 0 aliphatic rings. The van der Waals surface area contributed by atoms with E-state index in [1.54, 1.807) is 22.8 Å². The van der Waals surface area contributed by atoms with Gasteiger partial charge in [-0.25, -0.2) is 0 Å². The molecule has 96 valence electrons. The van der Waals surface area contributed by atoms with Crippen molar-refractivity contribution in [3.05, 3.63) is 11.9 Å². The third kappa shape index (κ3) is 3.47. The van der Waals surface area contributed by atoms with Crippen LogP contribution >= 0.6 is 0 Å². The Morgan fingerprint density at radius 1 is 1.59 bits per heavy atom. The smallest absolute Gasteiger partial charge is 0.276 e. The van der Waals surface area contributed by atoms with E-state index < -0.39 is 0 Å². The topological polar surface area (TPSA) is 64.2 Å². The lowest BCUT2D eigenvalue weighted by atomic mass is 10.1. The molecule has 0 saturated carbocycles. The van der Waals surface area contributed by atoms with Crippen LogP contribution in [0.15, 0.2) is 6.20 Å². The summed E-state index contributed by atoms with van der Waals surface area (Å²) in [6.07, 6.45) is 2.68. The van der Waals surface area contributed by atoms with Gasteiger partial charge in [0.15, 0.2) is 5.69 Å². The first-order valence-electron chi connectivity index (χ1n) is 6.04. The molecule has 0 saturated heterocycles. The van der Waals surface area contributed by atoms with Crippen molar-refractivity contribution < 1.29 is 4.79 Å². The van der Waals surface area contributed by atoms with Crippen molar-refractivity contribution in [1.82, 2.24) is 14.7 Å². The fourth-order valence-corrected chi connectivity index (χ4v) is 1.50. The van der Waals surface area contributed by atoms with Gasteiger partial charge in [0.2, 0.25) is 0 Å². The summed E-state index contributed by atoms with van der Waals surface area (Å²) in [6, 6.07) is 0. The predicted octanol–water partition coefficient (Wildman–Crippen LogP) is 1.60. The van der Waals surface area contributed by atoms with E-state index in [1.165, 1.54) is 0 Å². The summed E-state index contributed by atoms with van der Waals surface area (Å²) in [5, 5.41) is 4.18. The number of hydrogen-bond acceptors (Lipinski definition) is 3. The fraction of sp³-hybridized carbons (Fsp3) is 0.667. The normalized spacial score (nSPS) is 10.9. The van der Waals surface area contributed by atoms with Crippen molar-refractivity contribution in [3.8, 4) is 0 Å². The molecular weight excluding hydrogens is 216 g/mol. The van der Waals surface area contributed by atoms with E-state index in [0.29, 0.717) is 23.8 Å². The van der Waals surface area contributed by atoms with Crippen molar-refractivity contribution in [3.63, 3.8) is 0 Å². The summed E-state index contributed by atoms with van der Waals surface area (Å²) < 4.78 is 1.68. The van der Waals surface area contributed by atoms with Crippen LogP contribution in [0, 0.1) is 5.92 Å². The Kier molecular flexibility index (Phi) is 4.54. The van der Waals surface area contributed by atoms with Crippen LogP contribution in [0.1, 0.15) is 37.7 Å². The summed E-state index contributed by atoms with van der Waals surface area (Å²) in [5.74, 6) is 0.478. The van der Waals surface area contributed by atoms with Gasteiger partial charge in [0.05, 0.1) is 5.69 Å². The first-order valence-corrected chi connectivity index (χ1v) is 6.04. The summed E-state index contributed by atoms with van der Waals surface area (Å²) in [6.45, 7) is 7.68. The Morgan fingerprint density at radius 2 is 2.24 bits per heavy atom. The number of anilines is 1. The molecule has 0 fully saturated rings. The Hall–Kier alpha value is -1.52. The van der Waals surface area contributed by atoms with Gasteiger partial charge in [-0.3, -0.25) is 9.48 Å². The maximum Gasteiger partial charge on any atom is 0.276 e. The van der Waals surface area contributed by atoms with Gasteiger partial charge in [-0.2, -0.15) is 5.10 Å². The van der Waals surface area contributed by atoms with Gasteiger partial charge in [-0.05, 0) is 19.3 Å². The van der Waals surface area contributed by atoms with Crippen LogP contribution in [0.4, 0.5) is 5.69 Å². The molecular formula is C12H22N4O. The maximum atomic E-state index is 12.1. The van der Waals surface area contributed by atoms with Gasteiger partial charge >= 0.3 is 0 Å². The van der Waals surface area contributed by atoms with Crippen molar-refractivity contribution in [2.24, 2.45) is 5.92 Å². The van der Waals surface area contributed by atoms with E-state index in [9.17, 15) is 4.79 Å². The van der Waals surface area contributed by atoms with E-state index in [4.69, 9.17) is 5.73 Å². The van der Waals surface area contributed by atoms with E-state index in [0.717, 1.165) is 13.0 Å². The Labute approximate surface area is 103 Å². The maximum absolute atomic E-state index is 12.1. The Balaban J connectivity index is 2.70. The number of hydrogen-bond donors (Lipinski definition) is 1. The van der Waals surface area contributed by atoms with Crippen LogP contribution in [0.3, 0.4) is 0 Å². The number of nitrogen functional groups attached to an aromatic ring is 1. The van der Waals surface area contributed by atoms with Crippen molar-refractivity contribution in [1.29, 1.82) is 0 Å². The molecule has 5 nitrogen and oxygen atoms in total. The molecule has 0 aromatic carbocycles. The summed E-state index contributed by atoms with van der Waals surface area (Å²) >= 11 is 0. The van der Waals surface area contributed by atoms with Crippen molar-refractivity contribution in [2.75, 3.05) is 19.3 Å². The van der Waals surface area contributed by atoms with Crippen molar-refractivity contribution >= 4 is 11.6 Å². The number of aromatic nitrogens is 2.